The molecule has 1 saturated heterocycles. The molecule has 0 unspecified atom stereocenters. The van der Waals surface area contributed by atoms with E-state index in [1.165, 1.54) is 0 Å². The highest BCUT2D eigenvalue weighted by Crippen LogP contribution is 2.44. The minimum Gasteiger partial charge on any atom is -0.480 e. The first-order chi connectivity index (χ1) is 15.9. The van der Waals surface area contributed by atoms with Crippen molar-refractivity contribution in [2.24, 2.45) is 0 Å². The largest absolute Gasteiger partial charge is 0.480 e. The number of benzene rings is 2. The van der Waals surface area contributed by atoms with Crippen molar-refractivity contribution in [3.63, 3.8) is 0 Å². The van der Waals surface area contributed by atoms with E-state index in [0.717, 1.165) is 27.2 Å². The number of rotatable bonds is 7. The number of carbonyl (C=O) groups excluding carboxylic acids is 3. The van der Waals surface area contributed by atoms with Crippen molar-refractivity contribution >= 4 is 23.8 Å². The Bertz CT molecular complexity index is 1050. The molecular weight excluding hydrogens is 428 g/mol. The zero-order valence-corrected chi connectivity index (χ0v) is 17.8. The summed E-state index contributed by atoms with van der Waals surface area (Å²) < 4.78 is 5.35. The van der Waals surface area contributed by atoms with Gasteiger partial charge in [-0.25, -0.2) is 9.59 Å². The second-order valence-corrected chi connectivity index (χ2v) is 8.06. The summed E-state index contributed by atoms with van der Waals surface area (Å²) in [5.74, 6) is -3.51. The third-order valence-electron chi connectivity index (χ3n) is 6.14. The molecule has 0 radical (unpaired) electrons. The highest BCUT2D eigenvalue weighted by molar-refractivity contribution is 6.38. The lowest BCUT2D eigenvalue weighted by Crippen LogP contribution is -2.52. The van der Waals surface area contributed by atoms with Gasteiger partial charge in [0.05, 0.1) is 6.61 Å². The number of alkyl carbamates (subject to hydrolysis) is 1. The first-order valence-electron chi connectivity index (χ1n) is 10.7. The molecule has 33 heavy (non-hydrogen) atoms. The third-order valence-corrected chi connectivity index (χ3v) is 6.14. The summed E-state index contributed by atoms with van der Waals surface area (Å²) >= 11 is 0. The van der Waals surface area contributed by atoms with E-state index in [0.29, 0.717) is 6.42 Å². The van der Waals surface area contributed by atoms with E-state index in [4.69, 9.17) is 4.74 Å². The van der Waals surface area contributed by atoms with Crippen molar-refractivity contribution in [2.75, 3.05) is 19.8 Å². The molecule has 1 aliphatic carbocycles. The van der Waals surface area contributed by atoms with Crippen molar-refractivity contribution < 1.29 is 34.1 Å². The van der Waals surface area contributed by atoms with E-state index in [1.54, 1.807) is 0 Å². The van der Waals surface area contributed by atoms with Gasteiger partial charge in [-0.3, -0.25) is 9.59 Å². The van der Waals surface area contributed by atoms with Gasteiger partial charge in [0.1, 0.15) is 18.7 Å². The van der Waals surface area contributed by atoms with Gasteiger partial charge in [0.25, 0.3) is 5.91 Å². The Hall–Kier alpha value is -3.72. The van der Waals surface area contributed by atoms with Crippen LogP contribution in [-0.2, 0) is 19.1 Å². The normalized spacial score (nSPS) is 17.7. The molecule has 172 valence electrons. The van der Waals surface area contributed by atoms with Gasteiger partial charge >= 0.3 is 12.1 Å². The zero-order chi connectivity index (χ0) is 23.5. The molecule has 0 saturated carbocycles. The van der Waals surface area contributed by atoms with Gasteiger partial charge in [-0.05, 0) is 35.1 Å². The van der Waals surface area contributed by atoms with Gasteiger partial charge in [0, 0.05) is 12.5 Å². The van der Waals surface area contributed by atoms with Crippen LogP contribution in [0.3, 0.4) is 0 Å². The second-order valence-electron chi connectivity index (χ2n) is 8.06. The summed E-state index contributed by atoms with van der Waals surface area (Å²) in [7, 11) is 0. The molecule has 2 aromatic rings. The fourth-order valence-corrected chi connectivity index (χ4v) is 4.53. The molecule has 9 nitrogen and oxygen atoms in total. The summed E-state index contributed by atoms with van der Waals surface area (Å²) in [6.07, 6.45) is -0.245. The molecule has 0 bridgehead atoms. The molecule has 1 aliphatic heterocycles. The van der Waals surface area contributed by atoms with Crippen LogP contribution in [0.25, 0.3) is 11.1 Å². The first-order valence-corrected chi connectivity index (χ1v) is 10.7. The van der Waals surface area contributed by atoms with Gasteiger partial charge in [0.2, 0.25) is 5.78 Å². The van der Waals surface area contributed by atoms with Gasteiger partial charge in [-0.1, -0.05) is 48.5 Å². The van der Waals surface area contributed by atoms with Crippen LogP contribution in [0.5, 0.6) is 0 Å². The number of fused-ring (bicyclic) bond motifs is 3. The van der Waals surface area contributed by atoms with Gasteiger partial charge in [-0.2, -0.15) is 0 Å². The van der Waals surface area contributed by atoms with Crippen LogP contribution in [-0.4, -0.2) is 70.7 Å². The lowest BCUT2D eigenvalue weighted by molar-refractivity contribution is -0.152. The third kappa shape index (κ3) is 4.31. The number of aliphatic hydroxyl groups is 1. The molecule has 2 atom stereocenters. The number of ether oxygens (including phenoxy) is 1. The topological polar surface area (TPSA) is 133 Å². The molecule has 2 aromatic carbocycles. The second kappa shape index (κ2) is 9.41. The van der Waals surface area contributed by atoms with E-state index in [1.807, 2.05) is 48.5 Å². The molecule has 3 N–H and O–H groups in total. The molecule has 2 amide bonds. The van der Waals surface area contributed by atoms with Crippen LogP contribution in [0.15, 0.2) is 48.5 Å². The summed E-state index contributed by atoms with van der Waals surface area (Å²) in [6.45, 7) is -0.682. The lowest BCUT2D eigenvalue weighted by atomic mass is 9.98. The summed E-state index contributed by atoms with van der Waals surface area (Å²) in [6, 6.07) is 13.0. The highest BCUT2D eigenvalue weighted by Gasteiger charge is 2.39. The summed E-state index contributed by atoms with van der Waals surface area (Å²) in [4.78, 5) is 49.7. The number of nitrogens with one attached hydrogen (secondary N) is 1. The maximum absolute atomic E-state index is 12.5. The molecule has 1 heterocycles. The van der Waals surface area contributed by atoms with Gasteiger partial charge in [0.15, 0.2) is 0 Å². The molecular formula is C24H24N2O7. The number of likely N-dealkylation sites (tertiary alicyclic amines) is 1. The zero-order valence-electron chi connectivity index (χ0n) is 17.8. The van der Waals surface area contributed by atoms with Gasteiger partial charge in [-0.15, -0.1) is 0 Å². The number of hydrogen-bond acceptors (Lipinski definition) is 6. The number of carbonyl (C=O) groups is 4. The van der Waals surface area contributed by atoms with E-state index in [-0.39, 0.29) is 25.5 Å². The van der Waals surface area contributed by atoms with Crippen molar-refractivity contribution in [3.05, 3.63) is 59.7 Å². The van der Waals surface area contributed by atoms with Crippen molar-refractivity contribution in [1.82, 2.24) is 10.2 Å². The number of Topliss-reactive ketones (excluding diaryl/α,β-unsaturated/α-hetero) is 1. The highest BCUT2D eigenvalue weighted by atomic mass is 16.5. The van der Waals surface area contributed by atoms with E-state index in [2.05, 4.69) is 5.32 Å². The molecule has 0 spiro atoms. The monoisotopic (exact) mass is 452 g/mol. The first kappa shape index (κ1) is 22.5. The Morgan fingerprint density at radius 3 is 2.21 bits per heavy atom. The van der Waals surface area contributed by atoms with Crippen LogP contribution >= 0.6 is 0 Å². The lowest BCUT2D eigenvalue weighted by Gasteiger charge is -2.23. The molecule has 2 aliphatic rings. The average Bonchev–Trinajstić information content (AvgIpc) is 3.44. The van der Waals surface area contributed by atoms with Crippen LogP contribution in [0.4, 0.5) is 4.79 Å². The average molecular weight is 452 g/mol. The summed E-state index contributed by atoms with van der Waals surface area (Å²) in [5.41, 5.74) is 4.17. The van der Waals surface area contributed by atoms with Crippen molar-refractivity contribution in [1.29, 1.82) is 0 Å². The number of carboxylic acids is 1. The van der Waals surface area contributed by atoms with Crippen LogP contribution in [0, 0.1) is 0 Å². The number of nitrogens with zero attached hydrogens (tertiary/aromatic N) is 1. The number of aliphatic hydroxyl groups excluding tert-OH is 1. The maximum atomic E-state index is 12.5. The van der Waals surface area contributed by atoms with Crippen LogP contribution in [0.1, 0.15) is 29.9 Å². The quantitative estimate of drug-likeness (QED) is 0.543. The maximum Gasteiger partial charge on any atom is 0.407 e. The number of amides is 2. The van der Waals surface area contributed by atoms with Gasteiger partial charge < -0.3 is 25.2 Å². The van der Waals surface area contributed by atoms with Crippen molar-refractivity contribution in [2.45, 2.75) is 30.8 Å². The predicted octanol–water partition coefficient (Wildman–Crippen LogP) is 1.53. The van der Waals surface area contributed by atoms with Crippen LogP contribution in [0.2, 0.25) is 0 Å². The summed E-state index contributed by atoms with van der Waals surface area (Å²) in [5, 5.41) is 21.0. The minimum absolute atomic E-state index is 0.00730. The molecule has 9 heteroatoms. The molecule has 1 fully saturated rings. The van der Waals surface area contributed by atoms with E-state index < -0.39 is 42.4 Å². The van der Waals surface area contributed by atoms with E-state index in [9.17, 15) is 29.4 Å². The fourth-order valence-electron chi connectivity index (χ4n) is 4.53. The SMILES string of the molecule is O=C(N[C@@H](CO)C(=O)C(=O)N1CCC[C@H]1C(=O)O)OCC1c2ccccc2-c2ccccc21. The molecule has 0 aromatic heterocycles. The number of ketones is 1. The van der Waals surface area contributed by atoms with Crippen molar-refractivity contribution in [3.8, 4) is 11.1 Å². The predicted molar refractivity (Wildman–Crippen MR) is 116 cm³/mol. The minimum atomic E-state index is -1.52. The number of carboxylic acid groups (broad SMARTS) is 1. The smallest absolute Gasteiger partial charge is 0.407 e. The Kier molecular flexibility index (Phi) is 6.41. The Balaban J connectivity index is 1.40. The standard InChI is InChI=1S/C24H24N2O7/c27-12-19(21(28)22(29)26-11-5-10-20(26)23(30)31)25-24(32)33-13-18-16-8-3-1-6-14(16)15-7-2-4-9-17(15)18/h1-4,6-9,18-20,27H,5,10-13H2,(H,25,32)(H,30,31)/t19-,20-/m0/s1. The number of hydrogen-bond donors (Lipinski definition) is 3. The molecule has 4 rings (SSSR count). The van der Waals surface area contributed by atoms with E-state index >= 15 is 0 Å². The Morgan fingerprint density at radius 2 is 1.64 bits per heavy atom. The number of aliphatic carboxylic acids is 1. The van der Waals surface area contributed by atoms with Crippen LogP contribution < -0.4 is 5.32 Å². The fraction of sp³-hybridized carbons (Fsp3) is 0.333. The Labute approximate surface area is 190 Å². The Morgan fingerprint density at radius 1 is 1.03 bits per heavy atom.